The van der Waals surface area contributed by atoms with E-state index < -0.39 is 17.8 Å². The minimum absolute atomic E-state index is 0.217. The maximum Gasteiger partial charge on any atom is 0.341 e. The summed E-state index contributed by atoms with van der Waals surface area (Å²) in [4.78, 5) is 38.0. The zero-order valence-corrected chi connectivity index (χ0v) is 17.5. The number of ether oxygens (including phenoxy) is 1. The molecule has 2 amide bonds. The highest BCUT2D eigenvalue weighted by Crippen LogP contribution is 2.38. The third kappa shape index (κ3) is 4.91. The van der Waals surface area contributed by atoms with Gasteiger partial charge in [-0.2, -0.15) is 5.10 Å². The van der Waals surface area contributed by atoms with E-state index in [0.717, 1.165) is 36.1 Å². The van der Waals surface area contributed by atoms with E-state index in [1.807, 2.05) is 0 Å². The molecular weight excluding hydrogens is 409 g/mol. The second-order valence-electron chi connectivity index (χ2n) is 6.73. The van der Waals surface area contributed by atoms with Crippen LogP contribution in [-0.2, 0) is 27.2 Å². The minimum atomic E-state index is -0.974. The van der Waals surface area contributed by atoms with E-state index in [1.165, 1.54) is 35.6 Å². The van der Waals surface area contributed by atoms with Crippen molar-refractivity contribution in [3.05, 3.63) is 51.7 Å². The van der Waals surface area contributed by atoms with Crippen molar-refractivity contribution in [2.75, 3.05) is 11.9 Å². The molecule has 2 aromatic rings. The molecule has 0 atom stereocenters. The smallest absolute Gasteiger partial charge is 0.341 e. The van der Waals surface area contributed by atoms with Crippen molar-refractivity contribution in [2.24, 2.45) is 5.10 Å². The lowest BCUT2D eigenvalue weighted by Crippen LogP contribution is -2.33. The number of anilines is 1. The van der Waals surface area contributed by atoms with Gasteiger partial charge in [-0.3, -0.25) is 9.59 Å². The molecule has 9 heteroatoms. The van der Waals surface area contributed by atoms with Crippen molar-refractivity contribution in [3.63, 3.8) is 0 Å². The van der Waals surface area contributed by atoms with E-state index in [0.29, 0.717) is 21.8 Å². The maximum absolute atomic E-state index is 13.0. The van der Waals surface area contributed by atoms with E-state index in [1.54, 1.807) is 13.8 Å². The topological polar surface area (TPSA) is 96.9 Å². The predicted molar refractivity (Wildman–Crippen MR) is 112 cm³/mol. The van der Waals surface area contributed by atoms with Crippen LogP contribution in [0.25, 0.3) is 0 Å². The Bertz CT molecular complexity index is 998. The average molecular weight is 431 g/mol. The molecule has 2 N–H and O–H groups in total. The molecule has 0 saturated carbocycles. The van der Waals surface area contributed by atoms with Gasteiger partial charge in [0.25, 0.3) is 0 Å². The fraction of sp³-hybridized carbons (Fsp3) is 0.333. The molecule has 0 aliphatic heterocycles. The number of halogens is 1. The number of nitrogens with one attached hydrogen (secondary N) is 2. The molecule has 7 nitrogen and oxygen atoms in total. The van der Waals surface area contributed by atoms with Gasteiger partial charge in [0.05, 0.1) is 17.9 Å². The van der Waals surface area contributed by atoms with E-state index in [-0.39, 0.29) is 12.4 Å². The molecule has 0 unspecified atom stereocenters. The van der Waals surface area contributed by atoms with Gasteiger partial charge in [0, 0.05) is 4.88 Å². The number of aryl methyl sites for hydroxylation is 1. The van der Waals surface area contributed by atoms with Crippen molar-refractivity contribution in [1.82, 2.24) is 5.43 Å². The summed E-state index contributed by atoms with van der Waals surface area (Å²) in [6, 6.07) is 5.58. The predicted octanol–water partition coefficient (Wildman–Crippen LogP) is 3.42. The van der Waals surface area contributed by atoms with Crippen LogP contribution in [0.3, 0.4) is 0 Å². The van der Waals surface area contributed by atoms with Gasteiger partial charge in [-0.15, -0.1) is 11.3 Å². The zero-order chi connectivity index (χ0) is 21.7. The molecule has 0 saturated heterocycles. The highest BCUT2D eigenvalue weighted by molar-refractivity contribution is 7.17. The number of benzene rings is 1. The number of hydrogen-bond acceptors (Lipinski definition) is 6. The molecule has 1 heterocycles. The summed E-state index contributed by atoms with van der Waals surface area (Å²) < 4.78 is 18.1. The zero-order valence-electron chi connectivity index (χ0n) is 16.7. The number of thiophene rings is 1. The number of esters is 1. The van der Waals surface area contributed by atoms with Crippen molar-refractivity contribution in [3.8, 4) is 0 Å². The lowest BCUT2D eigenvalue weighted by molar-refractivity contribution is -0.136. The van der Waals surface area contributed by atoms with Gasteiger partial charge in [0.2, 0.25) is 0 Å². The average Bonchev–Trinajstić information content (AvgIpc) is 3.10. The van der Waals surface area contributed by atoms with E-state index in [4.69, 9.17) is 4.74 Å². The monoisotopic (exact) mass is 431 g/mol. The van der Waals surface area contributed by atoms with E-state index in [2.05, 4.69) is 15.8 Å². The number of carbonyl (C=O) groups excluding carboxylic acids is 3. The van der Waals surface area contributed by atoms with Crippen LogP contribution >= 0.6 is 11.3 Å². The van der Waals surface area contributed by atoms with Gasteiger partial charge in [-0.25, -0.2) is 14.6 Å². The number of rotatable bonds is 5. The Balaban J connectivity index is 1.72. The molecular formula is C21H22FN3O4S. The fourth-order valence-electron chi connectivity index (χ4n) is 3.17. The number of nitrogens with zero attached hydrogens (tertiary/aromatic N) is 1. The first-order valence-corrected chi connectivity index (χ1v) is 10.5. The maximum atomic E-state index is 13.0. The number of fused-ring (bicyclic) bond motifs is 1. The summed E-state index contributed by atoms with van der Waals surface area (Å²) in [7, 11) is 0. The minimum Gasteiger partial charge on any atom is -0.462 e. The number of hydrogen-bond donors (Lipinski definition) is 2. The van der Waals surface area contributed by atoms with Crippen LogP contribution in [-0.4, -0.2) is 30.1 Å². The summed E-state index contributed by atoms with van der Waals surface area (Å²) in [5.41, 5.74) is 4.43. The Labute approximate surface area is 177 Å². The Kier molecular flexibility index (Phi) is 6.94. The van der Waals surface area contributed by atoms with Crippen molar-refractivity contribution in [1.29, 1.82) is 0 Å². The highest BCUT2D eigenvalue weighted by Gasteiger charge is 2.28. The molecule has 0 spiro atoms. The Hall–Kier alpha value is -3.07. The number of carbonyl (C=O) groups is 3. The second-order valence-corrected chi connectivity index (χ2v) is 7.84. The Morgan fingerprint density at radius 1 is 1.13 bits per heavy atom. The van der Waals surface area contributed by atoms with Crippen LogP contribution < -0.4 is 10.7 Å². The van der Waals surface area contributed by atoms with Gasteiger partial charge in [-0.05, 0) is 62.8 Å². The van der Waals surface area contributed by atoms with Gasteiger partial charge in [0.1, 0.15) is 10.8 Å². The van der Waals surface area contributed by atoms with Crippen LogP contribution in [0.1, 0.15) is 53.1 Å². The molecule has 158 valence electrons. The third-order valence-electron chi connectivity index (χ3n) is 4.67. The summed E-state index contributed by atoms with van der Waals surface area (Å²) in [5, 5.41) is 6.73. The first kappa shape index (κ1) is 21.6. The van der Waals surface area contributed by atoms with Crippen LogP contribution in [0, 0.1) is 5.82 Å². The van der Waals surface area contributed by atoms with Crippen molar-refractivity contribution in [2.45, 2.75) is 39.5 Å². The largest absolute Gasteiger partial charge is 0.462 e. The Morgan fingerprint density at radius 2 is 1.83 bits per heavy atom. The molecule has 1 aromatic carbocycles. The second kappa shape index (κ2) is 9.62. The summed E-state index contributed by atoms with van der Waals surface area (Å²) in [6.45, 7) is 3.55. The first-order chi connectivity index (χ1) is 14.4. The van der Waals surface area contributed by atoms with Crippen LogP contribution in [0.5, 0.6) is 0 Å². The van der Waals surface area contributed by atoms with Crippen molar-refractivity contribution < 1.29 is 23.5 Å². The number of amides is 2. The molecule has 1 aliphatic rings. The Morgan fingerprint density at radius 3 is 2.53 bits per heavy atom. The molecule has 3 rings (SSSR count). The van der Waals surface area contributed by atoms with E-state index in [9.17, 15) is 18.8 Å². The normalized spacial score (nSPS) is 13.4. The standard InChI is InChI=1S/C21H22FN3O4S/c1-3-29-21(28)17-15-6-4-5-7-16(15)30-20(17)23-18(26)19(27)25-24-12(2)13-8-10-14(22)11-9-13/h8-11H,3-7H2,1-2H3,(H,23,26)(H,25,27). The summed E-state index contributed by atoms with van der Waals surface area (Å²) in [5.74, 6) is -2.80. The molecule has 0 fully saturated rings. The van der Waals surface area contributed by atoms with Crippen LogP contribution in [0.4, 0.5) is 9.39 Å². The lowest BCUT2D eigenvalue weighted by Gasteiger charge is -2.12. The third-order valence-corrected chi connectivity index (χ3v) is 5.88. The molecule has 1 aliphatic carbocycles. The van der Waals surface area contributed by atoms with Crippen molar-refractivity contribution >= 4 is 39.8 Å². The van der Waals surface area contributed by atoms with Gasteiger partial charge in [-0.1, -0.05) is 12.1 Å². The number of hydrazone groups is 1. The summed E-state index contributed by atoms with van der Waals surface area (Å²) >= 11 is 1.30. The molecule has 0 bridgehead atoms. The van der Waals surface area contributed by atoms with Gasteiger partial charge in [0.15, 0.2) is 0 Å². The first-order valence-electron chi connectivity index (χ1n) is 9.64. The quantitative estimate of drug-likeness (QED) is 0.328. The van der Waals surface area contributed by atoms with Crippen LogP contribution in [0.2, 0.25) is 0 Å². The summed E-state index contributed by atoms with van der Waals surface area (Å²) in [6.07, 6.45) is 3.54. The van der Waals surface area contributed by atoms with Gasteiger partial charge < -0.3 is 10.1 Å². The highest BCUT2D eigenvalue weighted by atomic mass is 32.1. The fourth-order valence-corrected chi connectivity index (χ4v) is 4.45. The van der Waals surface area contributed by atoms with Crippen LogP contribution in [0.15, 0.2) is 29.4 Å². The van der Waals surface area contributed by atoms with Gasteiger partial charge >= 0.3 is 17.8 Å². The van der Waals surface area contributed by atoms with E-state index >= 15 is 0 Å². The molecule has 30 heavy (non-hydrogen) atoms. The molecule has 1 aromatic heterocycles. The molecule has 0 radical (unpaired) electrons. The lowest BCUT2D eigenvalue weighted by atomic mass is 9.95. The SMILES string of the molecule is CCOC(=O)c1c(NC(=O)C(=O)NN=C(C)c2ccc(F)cc2)sc2c1CCCC2.